The molecule has 16 heavy (non-hydrogen) atoms. The molecule has 0 unspecified atom stereocenters. The Bertz CT molecular complexity index is 383. The van der Waals surface area contributed by atoms with Gasteiger partial charge < -0.3 is 5.32 Å². The van der Waals surface area contributed by atoms with Crippen molar-refractivity contribution < 1.29 is 8.78 Å². The maximum Gasteiger partial charge on any atom is 0.130 e. The van der Waals surface area contributed by atoms with Crippen LogP contribution in [-0.2, 0) is 0 Å². The first-order valence-electron chi connectivity index (χ1n) is 5.11. The molecule has 1 aliphatic heterocycles. The summed E-state index contributed by atoms with van der Waals surface area (Å²) >= 11 is 0. The summed E-state index contributed by atoms with van der Waals surface area (Å²) in [7, 11) is 0. The Labute approximate surface area is 100.0 Å². The van der Waals surface area contributed by atoms with E-state index >= 15 is 0 Å². The summed E-state index contributed by atoms with van der Waals surface area (Å²) in [5.41, 5.74) is 1.47. The summed E-state index contributed by atoms with van der Waals surface area (Å²) in [6.07, 6.45) is 3.76. The van der Waals surface area contributed by atoms with Crippen molar-refractivity contribution in [3.8, 4) is 0 Å². The molecule has 0 radical (unpaired) electrons. The van der Waals surface area contributed by atoms with Gasteiger partial charge in [-0.3, -0.25) is 0 Å². The van der Waals surface area contributed by atoms with E-state index in [0.29, 0.717) is 5.56 Å². The highest BCUT2D eigenvalue weighted by Crippen LogP contribution is 2.17. The second-order valence-electron chi connectivity index (χ2n) is 3.75. The Morgan fingerprint density at radius 2 is 2.06 bits per heavy atom. The highest BCUT2D eigenvalue weighted by molar-refractivity contribution is 5.85. The van der Waals surface area contributed by atoms with Crippen molar-refractivity contribution in [3.05, 3.63) is 41.0 Å². The van der Waals surface area contributed by atoms with Crippen LogP contribution < -0.4 is 5.32 Å². The number of halogens is 3. The van der Waals surface area contributed by atoms with Gasteiger partial charge in [-0.15, -0.1) is 12.4 Å². The topological polar surface area (TPSA) is 12.0 Å². The average molecular weight is 246 g/mol. The van der Waals surface area contributed by atoms with Crippen molar-refractivity contribution in [1.82, 2.24) is 5.32 Å². The lowest BCUT2D eigenvalue weighted by molar-refractivity contribution is 0.595. The fourth-order valence-electron chi connectivity index (χ4n) is 1.75. The van der Waals surface area contributed by atoms with E-state index in [2.05, 4.69) is 5.32 Å². The lowest BCUT2D eigenvalue weighted by Crippen LogP contribution is -2.23. The van der Waals surface area contributed by atoms with Crippen LogP contribution in [0.25, 0.3) is 6.08 Å². The van der Waals surface area contributed by atoms with E-state index in [0.717, 1.165) is 43.6 Å². The molecule has 1 fully saturated rings. The van der Waals surface area contributed by atoms with Crippen LogP contribution in [0.5, 0.6) is 0 Å². The zero-order chi connectivity index (χ0) is 10.7. The fourth-order valence-corrected chi connectivity index (χ4v) is 1.75. The van der Waals surface area contributed by atoms with Crippen LogP contribution in [0, 0.1) is 11.6 Å². The van der Waals surface area contributed by atoms with Gasteiger partial charge in [-0.05, 0) is 37.6 Å². The number of piperidine rings is 1. The van der Waals surface area contributed by atoms with Crippen LogP contribution in [0.2, 0.25) is 0 Å². The molecule has 0 spiro atoms. The molecule has 0 aromatic heterocycles. The van der Waals surface area contributed by atoms with Gasteiger partial charge in [0.15, 0.2) is 0 Å². The third-order valence-corrected chi connectivity index (χ3v) is 2.52. The van der Waals surface area contributed by atoms with E-state index in [-0.39, 0.29) is 18.2 Å². The van der Waals surface area contributed by atoms with Crippen LogP contribution in [0.3, 0.4) is 0 Å². The molecule has 0 amide bonds. The summed E-state index contributed by atoms with van der Waals surface area (Å²) in [6, 6.07) is 3.53. The van der Waals surface area contributed by atoms with Crippen LogP contribution in [0.1, 0.15) is 18.4 Å². The second-order valence-corrected chi connectivity index (χ2v) is 3.75. The van der Waals surface area contributed by atoms with Gasteiger partial charge in [0.1, 0.15) is 11.6 Å². The highest BCUT2D eigenvalue weighted by Gasteiger charge is 2.06. The molecule has 0 atom stereocenters. The lowest BCUT2D eigenvalue weighted by atomic mass is 10.0. The summed E-state index contributed by atoms with van der Waals surface area (Å²) in [5, 5.41) is 3.20. The van der Waals surface area contributed by atoms with Gasteiger partial charge >= 0.3 is 0 Å². The second kappa shape index (κ2) is 5.97. The van der Waals surface area contributed by atoms with Crippen LogP contribution in [0.4, 0.5) is 8.78 Å². The van der Waals surface area contributed by atoms with Crippen molar-refractivity contribution in [2.45, 2.75) is 12.8 Å². The molecule has 0 aliphatic carbocycles. The maximum absolute atomic E-state index is 13.3. The van der Waals surface area contributed by atoms with Crippen LogP contribution in [0.15, 0.2) is 23.8 Å². The first kappa shape index (κ1) is 13.1. The zero-order valence-electron chi connectivity index (χ0n) is 8.80. The molecular weight excluding hydrogens is 232 g/mol. The smallest absolute Gasteiger partial charge is 0.130 e. The van der Waals surface area contributed by atoms with Gasteiger partial charge in [0.25, 0.3) is 0 Å². The largest absolute Gasteiger partial charge is 0.313 e. The molecule has 1 heterocycles. The molecule has 1 saturated heterocycles. The van der Waals surface area contributed by atoms with E-state index in [4.69, 9.17) is 0 Å². The number of hydrogen-bond acceptors (Lipinski definition) is 1. The monoisotopic (exact) mass is 245 g/mol. The maximum atomic E-state index is 13.3. The minimum absolute atomic E-state index is 0. The Hall–Kier alpha value is -0.930. The molecule has 1 N–H and O–H groups in total. The Balaban J connectivity index is 0.00000128. The minimum Gasteiger partial charge on any atom is -0.313 e. The Morgan fingerprint density at radius 1 is 1.25 bits per heavy atom. The third kappa shape index (κ3) is 3.29. The Kier molecular flexibility index (Phi) is 4.90. The Morgan fingerprint density at radius 3 is 2.75 bits per heavy atom. The molecule has 4 heteroatoms. The molecule has 1 aromatic carbocycles. The molecule has 1 aromatic rings. The van der Waals surface area contributed by atoms with Gasteiger partial charge in [-0.1, -0.05) is 11.6 Å². The van der Waals surface area contributed by atoms with Crippen molar-refractivity contribution in [2.24, 2.45) is 0 Å². The van der Waals surface area contributed by atoms with E-state index in [9.17, 15) is 8.78 Å². The predicted molar refractivity (Wildman–Crippen MR) is 63.7 cm³/mol. The van der Waals surface area contributed by atoms with Gasteiger partial charge in [-0.2, -0.15) is 0 Å². The normalized spacial score (nSPS) is 18.2. The zero-order valence-corrected chi connectivity index (χ0v) is 9.62. The van der Waals surface area contributed by atoms with Crippen LogP contribution in [-0.4, -0.2) is 13.1 Å². The number of nitrogens with one attached hydrogen (secondary N) is 1. The van der Waals surface area contributed by atoms with Crippen molar-refractivity contribution in [2.75, 3.05) is 13.1 Å². The highest BCUT2D eigenvalue weighted by atomic mass is 35.5. The van der Waals surface area contributed by atoms with Crippen molar-refractivity contribution >= 4 is 18.5 Å². The van der Waals surface area contributed by atoms with Gasteiger partial charge in [0.05, 0.1) is 0 Å². The lowest BCUT2D eigenvalue weighted by Gasteiger charge is -2.15. The molecule has 88 valence electrons. The molecule has 0 saturated carbocycles. The van der Waals surface area contributed by atoms with Gasteiger partial charge in [-0.25, -0.2) is 8.78 Å². The van der Waals surface area contributed by atoms with E-state index in [1.165, 1.54) is 6.07 Å². The van der Waals surface area contributed by atoms with Crippen LogP contribution >= 0.6 is 12.4 Å². The summed E-state index contributed by atoms with van der Waals surface area (Å²) in [5.74, 6) is -0.763. The number of benzene rings is 1. The third-order valence-electron chi connectivity index (χ3n) is 2.52. The number of rotatable bonds is 1. The first-order valence-corrected chi connectivity index (χ1v) is 5.11. The van der Waals surface area contributed by atoms with Gasteiger partial charge in [0, 0.05) is 12.1 Å². The quantitative estimate of drug-likeness (QED) is 0.802. The van der Waals surface area contributed by atoms with Crippen molar-refractivity contribution in [3.63, 3.8) is 0 Å². The molecule has 2 rings (SSSR count). The molecule has 0 bridgehead atoms. The molecule has 1 aliphatic rings. The first-order chi connectivity index (χ1) is 7.25. The number of hydrogen-bond donors (Lipinski definition) is 1. The SMILES string of the molecule is Cl.Fc1ccc(F)c(/C=C2/CCCNC2)c1. The average Bonchev–Trinajstić information content (AvgIpc) is 2.25. The van der Waals surface area contributed by atoms with E-state index in [1.807, 2.05) is 0 Å². The summed E-state index contributed by atoms with van der Waals surface area (Å²) < 4.78 is 26.2. The summed E-state index contributed by atoms with van der Waals surface area (Å²) in [6.45, 7) is 1.78. The van der Waals surface area contributed by atoms with Gasteiger partial charge in [0.2, 0.25) is 0 Å². The minimum atomic E-state index is -0.396. The fraction of sp³-hybridized carbons (Fsp3) is 0.333. The van der Waals surface area contributed by atoms with E-state index in [1.54, 1.807) is 6.08 Å². The summed E-state index contributed by atoms with van der Waals surface area (Å²) in [4.78, 5) is 0. The standard InChI is InChI=1S/C12H13F2N.ClH/c13-11-3-4-12(14)10(7-11)6-9-2-1-5-15-8-9;/h3-4,6-7,15H,1-2,5,8H2;1H/b9-6-;. The van der Waals surface area contributed by atoms with Crippen molar-refractivity contribution in [1.29, 1.82) is 0 Å². The van der Waals surface area contributed by atoms with E-state index < -0.39 is 5.82 Å². The molecule has 1 nitrogen and oxygen atoms in total. The predicted octanol–water partition coefficient (Wildman–Crippen LogP) is 3.15. The molecular formula is C12H14ClF2N.